The van der Waals surface area contributed by atoms with Gasteiger partial charge in [0.15, 0.2) is 5.96 Å². The summed E-state index contributed by atoms with van der Waals surface area (Å²) in [4.78, 5) is 7.12. The number of nitrogen functional groups attached to an aromatic ring is 1. The van der Waals surface area contributed by atoms with Crippen molar-refractivity contribution in [3.05, 3.63) is 41.3 Å². The van der Waals surface area contributed by atoms with Gasteiger partial charge in [-0.15, -0.1) is 0 Å². The van der Waals surface area contributed by atoms with Crippen LogP contribution in [0, 0.1) is 22.6 Å². The van der Waals surface area contributed by atoms with Gasteiger partial charge in [-0.3, -0.25) is 4.99 Å². The maximum Gasteiger partial charge on any atom is 0.194 e. The predicted octanol–water partition coefficient (Wildman–Crippen LogP) is 3.48. The van der Waals surface area contributed by atoms with E-state index in [1.165, 1.54) is 16.8 Å². The van der Waals surface area contributed by atoms with Crippen LogP contribution in [0.25, 0.3) is 5.69 Å². The first-order valence-electron chi connectivity index (χ1n) is 10.7. The molecule has 1 aromatic carbocycles. The smallest absolute Gasteiger partial charge is 0.194 e. The highest BCUT2D eigenvalue weighted by Gasteiger charge is 2.53. The normalized spacial score (nSPS) is 17.2. The topological polar surface area (TPSA) is 95.3 Å². The lowest BCUT2D eigenvalue weighted by atomic mass is 9.65. The molecule has 7 nitrogen and oxygen atoms in total. The van der Waals surface area contributed by atoms with Crippen LogP contribution in [0.1, 0.15) is 52.3 Å². The molecule has 1 saturated heterocycles. The Morgan fingerprint density at radius 3 is 2.52 bits per heavy atom. The molecule has 3 rings (SSSR count). The van der Waals surface area contributed by atoms with Crippen molar-refractivity contribution in [3.8, 4) is 11.8 Å². The minimum absolute atomic E-state index is 0.0321. The number of benzene rings is 1. The molecule has 0 unspecified atom stereocenters. The second-order valence-corrected chi connectivity index (χ2v) is 9.08. The van der Waals surface area contributed by atoms with Crippen LogP contribution in [-0.4, -0.2) is 45.8 Å². The molecule has 0 amide bonds. The number of nitrogens with one attached hydrogen (secondary N) is 1. The first-order valence-corrected chi connectivity index (χ1v) is 10.7. The number of anilines is 1. The number of rotatable bonds is 6. The summed E-state index contributed by atoms with van der Waals surface area (Å²) in [5.41, 5.74) is 8.02. The molecule has 1 aliphatic rings. The second kappa shape index (κ2) is 8.58. The number of aromatic nitrogens is 2. The molecule has 0 spiro atoms. The van der Waals surface area contributed by atoms with Gasteiger partial charge in [-0.05, 0) is 57.9 Å². The highest BCUT2D eigenvalue weighted by Crippen LogP contribution is 2.46. The minimum Gasteiger partial charge on any atom is -0.382 e. The molecule has 166 valence electrons. The zero-order valence-electron chi connectivity index (χ0n) is 19.0. The van der Waals surface area contributed by atoms with Crippen LogP contribution in [0.15, 0.2) is 29.3 Å². The standard InChI is InChI=1S/C23H32FN7/c1-6-27-21(30-15-22(2,3)23(30,4)5)28-13-7-8-19-18(14-25)20(26)31(29-19)17-11-9-16(24)10-12-17/h9-12H,6-8,13,15,26H2,1-5H3,(H,27,28). The molecule has 2 aromatic rings. The predicted molar refractivity (Wildman–Crippen MR) is 122 cm³/mol. The fourth-order valence-corrected chi connectivity index (χ4v) is 3.78. The van der Waals surface area contributed by atoms with Gasteiger partial charge in [0.05, 0.1) is 11.4 Å². The van der Waals surface area contributed by atoms with Gasteiger partial charge in [0.2, 0.25) is 0 Å². The quantitative estimate of drug-likeness (QED) is 0.420. The highest BCUT2D eigenvalue weighted by molar-refractivity contribution is 5.82. The molecule has 0 atom stereocenters. The Bertz CT molecular complexity index is 996. The maximum absolute atomic E-state index is 13.2. The molecule has 0 aliphatic carbocycles. The lowest BCUT2D eigenvalue weighted by Crippen LogP contribution is -2.72. The molecular weight excluding hydrogens is 393 g/mol. The number of likely N-dealkylation sites (tertiary alicyclic amines) is 1. The van der Waals surface area contributed by atoms with E-state index in [1.54, 1.807) is 12.1 Å². The fraction of sp³-hybridized carbons (Fsp3) is 0.522. The number of hydrogen-bond donors (Lipinski definition) is 2. The number of halogens is 1. The lowest BCUT2D eigenvalue weighted by Gasteiger charge is -2.62. The average Bonchev–Trinajstić information content (AvgIpc) is 3.04. The van der Waals surface area contributed by atoms with Crippen LogP contribution >= 0.6 is 0 Å². The Labute approximate surface area is 183 Å². The molecule has 0 bridgehead atoms. The van der Waals surface area contributed by atoms with E-state index in [0.29, 0.717) is 29.9 Å². The molecule has 3 N–H and O–H groups in total. The van der Waals surface area contributed by atoms with Crippen molar-refractivity contribution in [3.63, 3.8) is 0 Å². The van der Waals surface area contributed by atoms with E-state index in [1.807, 2.05) is 0 Å². The number of aliphatic imine (C=N–C) groups is 1. The van der Waals surface area contributed by atoms with Crippen molar-refractivity contribution in [2.75, 3.05) is 25.4 Å². The van der Waals surface area contributed by atoms with E-state index in [0.717, 1.165) is 25.5 Å². The highest BCUT2D eigenvalue weighted by atomic mass is 19.1. The number of nitrogens with two attached hydrogens (primary N) is 1. The Morgan fingerprint density at radius 1 is 1.29 bits per heavy atom. The molecule has 31 heavy (non-hydrogen) atoms. The molecule has 1 fully saturated rings. The largest absolute Gasteiger partial charge is 0.382 e. The van der Waals surface area contributed by atoms with Crippen LogP contribution in [0.4, 0.5) is 10.2 Å². The van der Waals surface area contributed by atoms with Crippen molar-refractivity contribution >= 4 is 11.8 Å². The van der Waals surface area contributed by atoms with Crippen molar-refractivity contribution in [1.82, 2.24) is 20.0 Å². The van der Waals surface area contributed by atoms with E-state index in [-0.39, 0.29) is 22.6 Å². The van der Waals surface area contributed by atoms with Gasteiger partial charge in [0.1, 0.15) is 23.3 Å². The summed E-state index contributed by atoms with van der Waals surface area (Å²) in [6.45, 7) is 13.5. The van der Waals surface area contributed by atoms with Crippen LogP contribution in [-0.2, 0) is 6.42 Å². The SMILES string of the molecule is CCNC(=NCCCc1nn(-c2ccc(F)cc2)c(N)c1C#N)N1CC(C)(C)C1(C)C. The molecule has 1 aliphatic heterocycles. The average molecular weight is 426 g/mol. The van der Waals surface area contributed by atoms with Gasteiger partial charge in [0, 0.05) is 30.6 Å². The van der Waals surface area contributed by atoms with Crippen molar-refractivity contribution < 1.29 is 4.39 Å². The van der Waals surface area contributed by atoms with E-state index in [9.17, 15) is 9.65 Å². The molecule has 2 heterocycles. The molecule has 1 aromatic heterocycles. The number of aryl methyl sites for hydroxylation is 1. The molecular formula is C23H32FN7. The molecule has 8 heteroatoms. The third kappa shape index (κ3) is 4.22. The summed E-state index contributed by atoms with van der Waals surface area (Å²) in [6, 6.07) is 8.02. The summed E-state index contributed by atoms with van der Waals surface area (Å²) < 4.78 is 14.7. The number of hydrogen-bond acceptors (Lipinski definition) is 4. The Kier molecular flexibility index (Phi) is 6.25. The third-order valence-electron chi connectivity index (χ3n) is 6.48. The number of nitrogens with zero attached hydrogens (tertiary/aromatic N) is 5. The molecule has 0 saturated carbocycles. The Morgan fingerprint density at radius 2 is 1.97 bits per heavy atom. The number of nitriles is 1. The first-order chi connectivity index (χ1) is 14.6. The van der Waals surface area contributed by atoms with Gasteiger partial charge in [-0.1, -0.05) is 13.8 Å². The van der Waals surface area contributed by atoms with Crippen LogP contribution < -0.4 is 11.1 Å². The summed E-state index contributed by atoms with van der Waals surface area (Å²) in [7, 11) is 0. The molecule has 0 radical (unpaired) electrons. The van der Waals surface area contributed by atoms with Crippen LogP contribution in [0.2, 0.25) is 0 Å². The summed E-state index contributed by atoms with van der Waals surface area (Å²) >= 11 is 0. The zero-order valence-corrected chi connectivity index (χ0v) is 19.0. The van der Waals surface area contributed by atoms with Crippen molar-refractivity contribution in [1.29, 1.82) is 5.26 Å². The first kappa shape index (κ1) is 22.6. The Balaban J connectivity index is 1.70. The summed E-state index contributed by atoms with van der Waals surface area (Å²) in [5.74, 6) is 0.854. The van der Waals surface area contributed by atoms with Crippen molar-refractivity contribution in [2.45, 2.75) is 53.0 Å². The van der Waals surface area contributed by atoms with Gasteiger partial charge in [-0.2, -0.15) is 10.4 Å². The maximum atomic E-state index is 13.2. The van der Waals surface area contributed by atoms with E-state index in [2.05, 4.69) is 56.0 Å². The van der Waals surface area contributed by atoms with E-state index in [4.69, 9.17) is 10.7 Å². The zero-order chi connectivity index (χ0) is 22.8. The van der Waals surface area contributed by atoms with Crippen LogP contribution in [0.5, 0.6) is 0 Å². The number of guanidine groups is 1. The van der Waals surface area contributed by atoms with Gasteiger partial charge in [0.25, 0.3) is 0 Å². The van der Waals surface area contributed by atoms with Crippen LogP contribution in [0.3, 0.4) is 0 Å². The van der Waals surface area contributed by atoms with E-state index >= 15 is 0 Å². The van der Waals surface area contributed by atoms with Crippen molar-refractivity contribution in [2.24, 2.45) is 10.4 Å². The van der Waals surface area contributed by atoms with E-state index < -0.39 is 0 Å². The lowest BCUT2D eigenvalue weighted by molar-refractivity contribution is -0.0667. The summed E-state index contributed by atoms with van der Waals surface area (Å²) in [6.07, 6.45) is 1.32. The van der Waals surface area contributed by atoms with Gasteiger partial charge >= 0.3 is 0 Å². The van der Waals surface area contributed by atoms with Gasteiger partial charge < -0.3 is 16.0 Å². The fourth-order valence-electron chi connectivity index (χ4n) is 3.78. The second-order valence-electron chi connectivity index (χ2n) is 9.08. The Hall–Kier alpha value is -3.08. The third-order valence-corrected chi connectivity index (χ3v) is 6.48. The van der Waals surface area contributed by atoms with Gasteiger partial charge in [-0.25, -0.2) is 9.07 Å². The summed E-state index contributed by atoms with van der Waals surface area (Å²) in [5, 5.41) is 17.5. The monoisotopic (exact) mass is 425 g/mol. The minimum atomic E-state index is -0.335.